The number of methoxy groups -OCH3 is 1. The van der Waals surface area contributed by atoms with E-state index in [1.165, 1.54) is 21.5 Å². The maximum atomic E-state index is 5.75. The highest BCUT2D eigenvalue weighted by molar-refractivity contribution is 6.07. The first kappa shape index (κ1) is 14.1. The van der Waals surface area contributed by atoms with Crippen molar-refractivity contribution in [1.29, 1.82) is 0 Å². The second-order valence-corrected chi connectivity index (χ2v) is 6.13. The topological polar surface area (TPSA) is 26.5 Å². The van der Waals surface area contributed by atoms with Crippen LogP contribution < -0.4 is 4.74 Å². The summed E-state index contributed by atoms with van der Waals surface area (Å²) in [6.07, 6.45) is 3.77. The average Bonchev–Trinajstić information content (AvgIpc) is 3.13. The van der Waals surface area contributed by atoms with E-state index in [0.29, 0.717) is 0 Å². The van der Waals surface area contributed by atoms with Crippen LogP contribution in [0.1, 0.15) is 0 Å². The molecular formula is C22H16N2O. The van der Waals surface area contributed by atoms with E-state index in [1.54, 1.807) is 7.11 Å². The second kappa shape index (κ2) is 5.35. The summed E-state index contributed by atoms with van der Waals surface area (Å²) in [5.41, 5.74) is 3.28. The Kier molecular flexibility index (Phi) is 3.01. The largest absolute Gasteiger partial charge is 0.496 e. The quantitative estimate of drug-likeness (QED) is 0.439. The molecule has 3 nitrogen and oxygen atoms in total. The number of nitrogens with zero attached hydrogens (tertiary/aromatic N) is 2. The van der Waals surface area contributed by atoms with E-state index < -0.39 is 0 Å². The van der Waals surface area contributed by atoms with Gasteiger partial charge in [0.2, 0.25) is 0 Å². The predicted octanol–water partition coefficient (Wildman–Crippen LogP) is 5.32. The van der Waals surface area contributed by atoms with Gasteiger partial charge in [0.1, 0.15) is 5.75 Å². The van der Waals surface area contributed by atoms with Gasteiger partial charge in [-0.1, -0.05) is 54.6 Å². The number of ether oxygens (including phenoxy) is 1. The van der Waals surface area contributed by atoms with Gasteiger partial charge in [0.15, 0.2) is 0 Å². The Bertz CT molecular complexity index is 1240. The first-order valence-corrected chi connectivity index (χ1v) is 8.27. The van der Waals surface area contributed by atoms with Crippen LogP contribution in [-0.2, 0) is 0 Å². The van der Waals surface area contributed by atoms with Crippen molar-refractivity contribution >= 4 is 27.1 Å². The molecule has 0 atom stereocenters. The normalized spacial score (nSPS) is 11.4. The fourth-order valence-corrected chi connectivity index (χ4v) is 3.65. The number of hydrogen-bond acceptors (Lipinski definition) is 2. The standard InChI is InChI=1S/C22H16N2O/c1-25-20-11-10-15-6-2-4-8-18(15)21(20)22-19-9-5-3-7-16(19)12-17-13-23-14-24(17)22/h2-14H,1H3. The molecule has 5 rings (SSSR count). The van der Waals surface area contributed by atoms with Gasteiger partial charge in [-0.15, -0.1) is 0 Å². The Morgan fingerprint density at radius 2 is 1.60 bits per heavy atom. The van der Waals surface area contributed by atoms with Crippen LogP contribution in [0.3, 0.4) is 0 Å². The van der Waals surface area contributed by atoms with Crippen molar-refractivity contribution < 1.29 is 4.74 Å². The molecule has 0 radical (unpaired) electrons. The molecule has 3 heteroatoms. The molecular weight excluding hydrogens is 308 g/mol. The van der Waals surface area contributed by atoms with Crippen molar-refractivity contribution in [2.75, 3.05) is 7.11 Å². The molecule has 0 aliphatic heterocycles. The summed E-state index contributed by atoms with van der Waals surface area (Å²) in [6.45, 7) is 0. The van der Waals surface area contributed by atoms with Crippen LogP contribution in [-0.4, -0.2) is 16.5 Å². The average molecular weight is 324 g/mol. The minimum Gasteiger partial charge on any atom is -0.496 e. The number of imidazole rings is 1. The van der Waals surface area contributed by atoms with Gasteiger partial charge in [0, 0.05) is 10.9 Å². The van der Waals surface area contributed by atoms with Gasteiger partial charge in [-0.25, -0.2) is 4.98 Å². The van der Waals surface area contributed by atoms with Gasteiger partial charge in [-0.3, -0.25) is 4.40 Å². The summed E-state index contributed by atoms with van der Waals surface area (Å²) in [5.74, 6) is 0.866. The summed E-state index contributed by atoms with van der Waals surface area (Å²) >= 11 is 0. The summed E-state index contributed by atoms with van der Waals surface area (Å²) in [6, 6.07) is 23.2. The third-order valence-corrected chi connectivity index (χ3v) is 4.77. The maximum absolute atomic E-state index is 5.75. The van der Waals surface area contributed by atoms with Crippen LogP contribution >= 0.6 is 0 Å². The molecule has 2 aromatic heterocycles. The summed E-state index contributed by atoms with van der Waals surface area (Å²) < 4.78 is 7.89. The Hall–Kier alpha value is -3.33. The van der Waals surface area contributed by atoms with E-state index >= 15 is 0 Å². The molecule has 3 aromatic carbocycles. The van der Waals surface area contributed by atoms with Gasteiger partial charge in [-0.2, -0.15) is 0 Å². The van der Waals surface area contributed by atoms with Crippen LogP contribution in [0.2, 0.25) is 0 Å². The van der Waals surface area contributed by atoms with Crippen molar-refractivity contribution in [2.45, 2.75) is 0 Å². The predicted molar refractivity (Wildman–Crippen MR) is 102 cm³/mol. The molecule has 0 saturated heterocycles. The molecule has 0 saturated carbocycles. The van der Waals surface area contributed by atoms with E-state index in [-0.39, 0.29) is 0 Å². The van der Waals surface area contributed by atoms with Crippen LogP contribution in [0.5, 0.6) is 5.75 Å². The van der Waals surface area contributed by atoms with Crippen molar-refractivity contribution in [1.82, 2.24) is 9.38 Å². The van der Waals surface area contributed by atoms with Gasteiger partial charge >= 0.3 is 0 Å². The van der Waals surface area contributed by atoms with E-state index in [4.69, 9.17) is 4.74 Å². The summed E-state index contributed by atoms with van der Waals surface area (Å²) in [7, 11) is 1.73. The van der Waals surface area contributed by atoms with Crippen LogP contribution in [0, 0.1) is 0 Å². The second-order valence-electron chi connectivity index (χ2n) is 6.13. The van der Waals surface area contributed by atoms with Gasteiger partial charge in [-0.05, 0) is 28.3 Å². The van der Waals surface area contributed by atoms with Crippen molar-refractivity contribution in [3.8, 4) is 17.0 Å². The Morgan fingerprint density at radius 3 is 2.44 bits per heavy atom. The molecule has 0 aliphatic rings. The highest BCUT2D eigenvalue weighted by Gasteiger charge is 2.17. The summed E-state index contributed by atoms with van der Waals surface area (Å²) in [4.78, 5) is 4.37. The van der Waals surface area contributed by atoms with Gasteiger partial charge in [0.25, 0.3) is 0 Å². The number of pyridine rings is 1. The number of benzene rings is 3. The van der Waals surface area contributed by atoms with E-state index in [0.717, 1.165) is 22.5 Å². The SMILES string of the molecule is COc1ccc2ccccc2c1-c1c2ccccc2cc2cncn12. The molecule has 2 heterocycles. The fourth-order valence-electron chi connectivity index (χ4n) is 3.65. The third kappa shape index (κ3) is 2.02. The van der Waals surface area contributed by atoms with E-state index in [2.05, 4.69) is 70.0 Å². The number of fused-ring (bicyclic) bond motifs is 3. The summed E-state index contributed by atoms with van der Waals surface area (Å²) in [5, 5.41) is 4.75. The Balaban J connectivity index is 2.05. The van der Waals surface area contributed by atoms with Crippen molar-refractivity contribution in [2.24, 2.45) is 0 Å². The van der Waals surface area contributed by atoms with Crippen LogP contribution in [0.25, 0.3) is 38.3 Å². The van der Waals surface area contributed by atoms with E-state index in [1.807, 2.05) is 18.6 Å². The van der Waals surface area contributed by atoms with Crippen molar-refractivity contribution in [3.63, 3.8) is 0 Å². The zero-order chi connectivity index (χ0) is 16.8. The molecule has 5 aromatic rings. The lowest BCUT2D eigenvalue weighted by Crippen LogP contribution is -1.97. The molecule has 120 valence electrons. The molecule has 0 amide bonds. The molecule has 0 aliphatic carbocycles. The number of aromatic nitrogens is 2. The third-order valence-electron chi connectivity index (χ3n) is 4.77. The lowest BCUT2D eigenvalue weighted by Gasteiger charge is -2.16. The molecule has 0 unspecified atom stereocenters. The van der Waals surface area contributed by atoms with E-state index in [9.17, 15) is 0 Å². The molecule has 0 fully saturated rings. The minimum absolute atomic E-state index is 0.866. The maximum Gasteiger partial charge on any atom is 0.128 e. The number of hydrogen-bond donors (Lipinski definition) is 0. The lowest BCUT2D eigenvalue weighted by atomic mass is 9.96. The fraction of sp³-hybridized carbons (Fsp3) is 0.0455. The highest BCUT2D eigenvalue weighted by atomic mass is 16.5. The van der Waals surface area contributed by atoms with Gasteiger partial charge < -0.3 is 4.74 Å². The molecule has 0 bridgehead atoms. The highest BCUT2D eigenvalue weighted by Crippen LogP contribution is 2.40. The zero-order valence-corrected chi connectivity index (χ0v) is 13.8. The lowest BCUT2D eigenvalue weighted by molar-refractivity contribution is 0.417. The first-order chi connectivity index (χ1) is 12.4. The van der Waals surface area contributed by atoms with Crippen LogP contribution in [0.4, 0.5) is 0 Å². The number of rotatable bonds is 2. The minimum atomic E-state index is 0.866. The molecule has 0 N–H and O–H groups in total. The first-order valence-electron chi connectivity index (χ1n) is 8.27. The Labute approximate surface area is 145 Å². The molecule has 0 spiro atoms. The van der Waals surface area contributed by atoms with Crippen LogP contribution in [0.15, 0.2) is 79.3 Å². The van der Waals surface area contributed by atoms with Gasteiger partial charge in [0.05, 0.1) is 30.8 Å². The van der Waals surface area contributed by atoms with Crippen molar-refractivity contribution in [3.05, 3.63) is 79.3 Å². The molecule has 25 heavy (non-hydrogen) atoms. The zero-order valence-electron chi connectivity index (χ0n) is 13.8. The Morgan fingerprint density at radius 1 is 0.840 bits per heavy atom. The smallest absolute Gasteiger partial charge is 0.128 e. The monoisotopic (exact) mass is 324 g/mol.